The number of piperidine rings is 1. The Morgan fingerprint density at radius 1 is 1.09 bits per heavy atom. The van der Waals surface area contributed by atoms with Crippen molar-refractivity contribution in [1.29, 1.82) is 0 Å². The Balaban J connectivity index is 1.14. The van der Waals surface area contributed by atoms with E-state index in [1.165, 1.54) is 24.4 Å². The fourth-order valence-corrected chi connectivity index (χ4v) is 4.52. The van der Waals surface area contributed by atoms with Gasteiger partial charge in [-0.2, -0.15) is 0 Å². The molecule has 1 unspecified atom stereocenters. The average molecular weight is 478 g/mol. The molecule has 0 spiro atoms. The number of hydrogen-bond acceptors (Lipinski definition) is 8. The lowest BCUT2D eigenvalue weighted by atomic mass is 9.97. The lowest BCUT2D eigenvalue weighted by molar-refractivity contribution is -0.136. The molecule has 0 aliphatic carbocycles. The number of pyridine rings is 1. The summed E-state index contributed by atoms with van der Waals surface area (Å²) in [5.74, 6) is -1.62. The van der Waals surface area contributed by atoms with E-state index in [1.54, 1.807) is 12.1 Å². The largest absolute Gasteiger partial charge is 0.494 e. The Morgan fingerprint density at radius 2 is 1.86 bits per heavy atom. The number of carbonyl (C=O) groups excluding carboxylic acids is 4. The van der Waals surface area contributed by atoms with Gasteiger partial charge in [0, 0.05) is 25.7 Å². The number of amides is 4. The van der Waals surface area contributed by atoms with Gasteiger partial charge in [-0.25, -0.2) is 9.78 Å². The van der Waals surface area contributed by atoms with Gasteiger partial charge in [0.05, 0.1) is 23.3 Å². The third kappa shape index (κ3) is 4.20. The van der Waals surface area contributed by atoms with Crippen LogP contribution in [0.5, 0.6) is 5.75 Å². The molecule has 4 heterocycles. The number of anilines is 1. The SMILES string of the molecule is O=C1CCC(N2C(=O)c3ccc(OCCC4CN(c5ccc(C(=O)O)cn5)C4)cc3C2=O)C(=O)N1. The first-order valence-electron chi connectivity index (χ1n) is 11.2. The van der Waals surface area contributed by atoms with E-state index >= 15 is 0 Å². The van der Waals surface area contributed by atoms with E-state index in [4.69, 9.17) is 9.84 Å². The molecule has 35 heavy (non-hydrogen) atoms. The molecule has 11 heteroatoms. The van der Waals surface area contributed by atoms with Crippen LogP contribution < -0.4 is 15.0 Å². The van der Waals surface area contributed by atoms with Crippen LogP contribution in [-0.2, 0) is 9.59 Å². The van der Waals surface area contributed by atoms with Gasteiger partial charge in [0.1, 0.15) is 17.6 Å². The zero-order valence-electron chi connectivity index (χ0n) is 18.6. The number of carbonyl (C=O) groups is 5. The molecular weight excluding hydrogens is 456 g/mol. The zero-order valence-corrected chi connectivity index (χ0v) is 18.6. The summed E-state index contributed by atoms with van der Waals surface area (Å²) < 4.78 is 5.81. The second-order valence-corrected chi connectivity index (χ2v) is 8.77. The van der Waals surface area contributed by atoms with Crippen molar-refractivity contribution in [2.75, 3.05) is 24.6 Å². The first-order valence-corrected chi connectivity index (χ1v) is 11.2. The van der Waals surface area contributed by atoms with Gasteiger partial charge in [0.15, 0.2) is 0 Å². The standard InChI is InChI=1S/C24H22N4O7/c29-20-6-4-18(21(30)26-20)28-22(31)16-3-2-15(9-17(16)23(28)32)35-8-7-13-11-27(12-13)19-5-1-14(10-25-19)24(33)34/h1-3,5,9-10,13,18H,4,6-8,11-12H2,(H,33,34)(H,26,29,30). The van der Waals surface area contributed by atoms with Crippen molar-refractivity contribution in [3.63, 3.8) is 0 Å². The molecule has 0 radical (unpaired) electrons. The number of hydrogen-bond donors (Lipinski definition) is 2. The maximum absolute atomic E-state index is 12.9. The van der Waals surface area contributed by atoms with Gasteiger partial charge >= 0.3 is 5.97 Å². The molecule has 2 N–H and O–H groups in total. The van der Waals surface area contributed by atoms with Crippen molar-refractivity contribution in [2.24, 2.45) is 5.92 Å². The van der Waals surface area contributed by atoms with Crippen molar-refractivity contribution in [3.8, 4) is 5.75 Å². The van der Waals surface area contributed by atoms with Crippen LogP contribution in [0, 0.1) is 5.92 Å². The number of aromatic carboxylic acids is 1. The number of nitrogens with zero attached hydrogens (tertiary/aromatic N) is 3. The molecule has 0 bridgehead atoms. The van der Waals surface area contributed by atoms with Crippen LogP contribution in [0.15, 0.2) is 36.5 Å². The fraction of sp³-hybridized carbons (Fsp3) is 0.333. The molecular formula is C24H22N4O7. The highest BCUT2D eigenvalue weighted by molar-refractivity contribution is 6.23. The summed E-state index contributed by atoms with van der Waals surface area (Å²) in [7, 11) is 0. The molecule has 1 atom stereocenters. The number of imide groups is 2. The van der Waals surface area contributed by atoms with Crippen molar-refractivity contribution in [2.45, 2.75) is 25.3 Å². The van der Waals surface area contributed by atoms with Gasteiger partial charge in [0.25, 0.3) is 11.8 Å². The first-order chi connectivity index (χ1) is 16.8. The van der Waals surface area contributed by atoms with E-state index in [1.807, 2.05) is 0 Å². The highest BCUT2D eigenvalue weighted by Crippen LogP contribution is 2.31. The summed E-state index contributed by atoms with van der Waals surface area (Å²) in [5.41, 5.74) is 0.542. The van der Waals surface area contributed by atoms with Gasteiger partial charge in [-0.05, 0) is 49.1 Å². The smallest absolute Gasteiger partial charge is 0.337 e. The van der Waals surface area contributed by atoms with E-state index < -0.39 is 35.6 Å². The number of aromatic nitrogens is 1. The van der Waals surface area contributed by atoms with Crippen LogP contribution in [0.2, 0.25) is 0 Å². The Hall–Kier alpha value is -4.28. The molecule has 2 fully saturated rings. The number of nitrogens with one attached hydrogen (secondary N) is 1. The normalized spacial score (nSPS) is 19.9. The Labute approximate surface area is 199 Å². The Morgan fingerprint density at radius 3 is 2.54 bits per heavy atom. The van der Waals surface area contributed by atoms with Crippen molar-refractivity contribution in [3.05, 3.63) is 53.2 Å². The van der Waals surface area contributed by atoms with Crippen LogP contribution in [0.1, 0.15) is 50.3 Å². The molecule has 2 saturated heterocycles. The maximum Gasteiger partial charge on any atom is 0.337 e. The summed E-state index contributed by atoms with van der Waals surface area (Å²) in [6.45, 7) is 1.98. The first kappa shape index (κ1) is 22.5. The van der Waals surface area contributed by atoms with E-state index in [0.717, 1.165) is 30.2 Å². The van der Waals surface area contributed by atoms with Crippen LogP contribution in [-0.4, -0.2) is 70.3 Å². The van der Waals surface area contributed by atoms with Crippen molar-refractivity contribution >= 4 is 35.4 Å². The Kier molecular flexibility index (Phi) is 5.67. The molecule has 1 aromatic carbocycles. The van der Waals surface area contributed by atoms with Gasteiger partial charge in [-0.3, -0.25) is 29.4 Å². The summed E-state index contributed by atoms with van der Waals surface area (Å²) in [6, 6.07) is 6.88. The maximum atomic E-state index is 12.9. The summed E-state index contributed by atoms with van der Waals surface area (Å²) in [4.78, 5) is 67.3. The molecule has 1 aromatic heterocycles. The van der Waals surface area contributed by atoms with E-state index in [-0.39, 0.29) is 29.5 Å². The van der Waals surface area contributed by atoms with Crippen molar-refractivity contribution in [1.82, 2.24) is 15.2 Å². The lowest BCUT2D eigenvalue weighted by Gasteiger charge is -2.40. The number of benzene rings is 1. The molecule has 11 nitrogen and oxygen atoms in total. The number of carboxylic acids is 1. The minimum absolute atomic E-state index is 0.0699. The lowest BCUT2D eigenvalue weighted by Crippen LogP contribution is -2.54. The third-order valence-corrected chi connectivity index (χ3v) is 6.48. The molecule has 5 rings (SSSR count). The third-order valence-electron chi connectivity index (χ3n) is 6.48. The van der Waals surface area contributed by atoms with Gasteiger partial charge in [0.2, 0.25) is 11.8 Å². The second kappa shape index (κ2) is 8.82. The highest BCUT2D eigenvalue weighted by Gasteiger charge is 2.44. The van der Waals surface area contributed by atoms with Crippen LogP contribution in [0.3, 0.4) is 0 Å². The topological polar surface area (TPSA) is 146 Å². The summed E-state index contributed by atoms with van der Waals surface area (Å²) >= 11 is 0. The summed E-state index contributed by atoms with van der Waals surface area (Å²) in [6.07, 6.45) is 2.29. The van der Waals surface area contributed by atoms with Gasteiger partial charge in [-0.1, -0.05) is 0 Å². The predicted molar refractivity (Wildman–Crippen MR) is 120 cm³/mol. The van der Waals surface area contributed by atoms with Crippen molar-refractivity contribution < 1.29 is 33.8 Å². The Bertz CT molecular complexity index is 1240. The predicted octanol–water partition coefficient (Wildman–Crippen LogP) is 1.09. The van der Waals surface area contributed by atoms with E-state index in [0.29, 0.717) is 18.3 Å². The molecule has 180 valence electrons. The zero-order chi connectivity index (χ0) is 24.7. The fourth-order valence-electron chi connectivity index (χ4n) is 4.52. The number of rotatable bonds is 7. The monoisotopic (exact) mass is 478 g/mol. The van der Waals surface area contributed by atoms with Crippen LogP contribution >= 0.6 is 0 Å². The highest BCUT2D eigenvalue weighted by atomic mass is 16.5. The van der Waals surface area contributed by atoms with Crippen LogP contribution in [0.4, 0.5) is 5.82 Å². The molecule has 2 aromatic rings. The van der Waals surface area contributed by atoms with Gasteiger partial charge in [-0.15, -0.1) is 0 Å². The summed E-state index contributed by atoms with van der Waals surface area (Å²) in [5, 5.41) is 11.1. The molecule has 3 aliphatic rings. The van der Waals surface area contributed by atoms with E-state index in [2.05, 4.69) is 15.2 Å². The number of carboxylic acid groups (broad SMARTS) is 1. The average Bonchev–Trinajstić information content (AvgIpc) is 3.05. The minimum Gasteiger partial charge on any atom is -0.494 e. The second-order valence-electron chi connectivity index (χ2n) is 8.77. The van der Waals surface area contributed by atoms with E-state index in [9.17, 15) is 24.0 Å². The molecule has 3 aliphatic heterocycles. The number of fused-ring (bicyclic) bond motifs is 1. The minimum atomic E-state index is -1.01. The van der Waals surface area contributed by atoms with Crippen LogP contribution in [0.25, 0.3) is 0 Å². The molecule has 0 saturated carbocycles. The number of ether oxygens (including phenoxy) is 1. The van der Waals surface area contributed by atoms with Gasteiger partial charge < -0.3 is 14.7 Å². The quantitative estimate of drug-likeness (QED) is 0.558. The molecule has 4 amide bonds.